The van der Waals surface area contributed by atoms with Crippen molar-refractivity contribution in [2.45, 2.75) is 32.9 Å². The van der Waals surface area contributed by atoms with Crippen molar-refractivity contribution < 1.29 is 4.42 Å². The summed E-state index contributed by atoms with van der Waals surface area (Å²) in [5.41, 5.74) is 3.54. The van der Waals surface area contributed by atoms with E-state index >= 15 is 0 Å². The fourth-order valence-corrected chi connectivity index (χ4v) is 3.00. The van der Waals surface area contributed by atoms with Gasteiger partial charge in [-0.1, -0.05) is 42.8 Å². The van der Waals surface area contributed by atoms with Gasteiger partial charge in [0.05, 0.1) is 0 Å². The molecule has 1 aromatic heterocycles. The van der Waals surface area contributed by atoms with E-state index in [1.807, 2.05) is 36.4 Å². The van der Waals surface area contributed by atoms with E-state index < -0.39 is 0 Å². The van der Waals surface area contributed by atoms with Crippen LogP contribution in [0.25, 0.3) is 11.0 Å². The van der Waals surface area contributed by atoms with Crippen molar-refractivity contribution in [1.29, 1.82) is 0 Å². The Kier molecular flexibility index (Phi) is 5.03. The van der Waals surface area contributed by atoms with E-state index in [0.29, 0.717) is 12.1 Å². The standard InChI is InChI=1S/C20H20ClNO2/c1-3-14-7-8-18-16(11-20(23)24-19(18)9-14)12-22-13(2)15-5-4-6-17(21)10-15/h4-11,13,22H,3,12H2,1-2H3/t13-/m1/s1. The summed E-state index contributed by atoms with van der Waals surface area (Å²) >= 11 is 6.05. The molecule has 1 heterocycles. The number of nitrogens with one attached hydrogen (secondary N) is 1. The van der Waals surface area contributed by atoms with Crippen molar-refractivity contribution in [2.24, 2.45) is 0 Å². The van der Waals surface area contributed by atoms with Crippen molar-refractivity contribution in [3.63, 3.8) is 0 Å². The first-order chi connectivity index (χ1) is 11.6. The summed E-state index contributed by atoms with van der Waals surface area (Å²) in [5.74, 6) is 0. The molecule has 124 valence electrons. The van der Waals surface area contributed by atoms with Gasteiger partial charge in [0.2, 0.25) is 0 Å². The van der Waals surface area contributed by atoms with Gasteiger partial charge < -0.3 is 9.73 Å². The summed E-state index contributed by atoms with van der Waals surface area (Å²) in [6, 6.07) is 15.5. The number of hydrogen-bond donors (Lipinski definition) is 1. The third-order valence-electron chi connectivity index (χ3n) is 4.25. The lowest BCUT2D eigenvalue weighted by Crippen LogP contribution is -2.19. The minimum atomic E-state index is -0.317. The van der Waals surface area contributed by atoms with Gasteiger partial charge in [-0.25, -0.2) is 4.79 Å². The molecular formula is C20H20ClNO2. The second kappa shape index (κ2) is 7.20. The van der Waals surface area contributed by atoms with Gasteiger partial charge in [0.1, 0.15) is 5.58 Å². The topological polar surface area (TPSA) is 42.2 Å². The van der Waals surface area contributed by atoms with Crippen molar-refractivity contribution in [3.05, 3.63) is 80.7 Å². The quantitative estimate of drug-likeness (QED) is 0.674. The third kappa shape index (κ3) is 3.69. The summed E-state index contributed by atoms with van der Waals surface area (Å²) in [5, 5.41) is 5.14. The normalized spacial score (nSPS) is 12.5. The highest BCUT2D eigenvalue weighted by molar-refractivity contribution is 6.30. The molecule has 2 aromatic carbocycles. The van der Waals surface area contributed by atoms with Crippen LogP contribution in [0.15, 0.2) is 57.7 Å². The van der Waals surface area contributed by atoms with E-state index in [0.717, 1.165) is 33.5 Å². The molecule has 4 heteroatoms. The van der Waals surface area contributed by atoms with E-state index in [-0.39, 0.29) is 11.7 Å². The molecule has 0 aliphatic carbocycles. The van der Waals surface area contributed by atoms with E-state index in [9.17, 15) is 4.79 Å². The van der Waals surface area contributed by atoms with Gasteiger partial charge in [-0.3, -0.25) is 0 Å². The molecule has 0 amide bonds. The van der Waals surface area contributed by atoms with Crippen LogP contribution in [0.2, 0.25) is 5.02 Å². The lowest BCUT2D eigenvalue weighted by atomic mass is 10.0. The fourth-order valence-electron chi connectivity index (χ4n) is 2.80. The molecule has 0 radical (unpaired) electrons. The van der Waals surface area contributed by atoms with E-state index in [1.165, 1.54) is 0 Å². The van der Waals surface area contributed by atoms with E-state index in [2.05, 4.69) is 25.2 Å². The predicted molar refractivity (Wildman–Crippen MR) is 98.6 cm³/mol. The molecule has 1 N–H and O–H groups in total. The zero-order valence-corrected chi connectivity index (χ0v) is 14.6. The molecule has 1 atom stereocenters. The van der Waals surface area contributed by atoms with Gasteiger partial charge in [-0.05, 0) is 48.2 Å². The lowest BCUT2D eigenvalue weighted by molar-refractivity contribution is 0.547. The van der Waals surface area contributed by atoms with Crippen LogP contribution in [-0.2, 0) is 13.0 Å². The monoisotopic (exact) mass is 341 g/mol. The molecule has 0 saturated heterocycles. The van der Waals surface area contributed by atoms with Crippen molar-refractivity contribution in [1.82, 2.24) is 5.32 Å². The van der Waals surface area contributed by atoms with Crippen LogP contribution >= 0.6 is 11.6 Å². The van der Waals surface area contributed by atoms with Crippen LogP contribution in [0, 0.1) is 0 Å². The minimum Gasteiger partial charge on any atom is -0.423 e. The molecule has 0 aliphatic heterocycles. The highest BCUT2D eigenvalue weighted by atomic mass is 35.5. The Balaban J connectivity index is 1.86. The second-order valence-corrected chi connectivity index (χ2v) is 6.37. The number of benzene rings is 2. The SMILES string of the molecule is CCc1ccc2c(CN[C@H](C)c3cccc(Cl)c3)cc(=O)oc2c1. The number of hydrogen-bond acceptors (Lipinski definition) is 3. The molecule has 24 heavy (non-hydrogen) atoms. The van der Waals surface area contributed by atoms with Crippen LogP contribution in [0.3, 0.4) is 0 Å². The molecule has 0 unspecified atom stereocenters. The Hall–Kier alpha value is -2.10. The Labute approximate surface area is 146 Å². The highest BCUT2D eigenvalue weighted by Crippen LogP contribution is 2.21. The molecule has 3 aromatic rings. The van der Waals surface area contributed by atoms with Crippen molar-refractivity contribution >= 4 is 22.6 Å². The van der Waals surface area contributed by atoms with E-state index in [4.69, 9.17) is 16.0 Å². The van der Waals surface area contributed by atoms with Gasteiger partial charge in [0.15, 0.2) is 0 Å². The molecule has 0 aliphatic rings. The number of halogens is 1. The van der Waals surface area contributed by atoms with E-state index in [1.54, 1.807) is 6.07 Å². The lowest BCUT2D eigenvalue weighted by Gasteiger charge is -2.15. The maximum absolute atomic E-state index is 11.9. The number of fused-ring (bicyclic) bond motifs is 1. The average Bonchev–Trinajstić information content (AvgIpc) is 2.58. The zero-order valence-electron chi connectivity index (χ0n) is 13.8. The smallest absolute Gasteiger partial charge is 0.336 e. The Morgan fingerprint density at radius 2 is 2.00 bits per heavy atom. The molecule has 0 saturated carbocycles. The minimum absolute atomic E-state index is 0.126. The summed E-state index contributed by atoms with van der Waals surface area (Å²) in [6.07, 6.45) is 0.911. The van der Waals surface area contributed by atoms with Crippen LogP contribution in [-0.4, -0.2) is 0 Å². The molecule has 3 nitrogen and oxygen atoms in total. The van der Waals surface area contributed by atoms with Crippen LogP contribution in [0.5, 0.6) is 0 Å². The van der Waals surface area contributed by atoms with Gasteiger partial charge in [0, 0.05) is 29.1 Å². The average molecular weight is 342 g/mol. The summed E-state index contributed by atoms with van der Waals surface area (Å²) in [4.78, 5) is 11.9. The Morgan fingerprint density at radius 1 is 1.17 bits per heavy atom. The summed E-state index contributed by atoms with van der Waals surface area (Å²) < 4.78 is 5.35. The summed E-state index contributed by atoms with van der Waals surface area (Å²) in [6.45, 7) is 4.74. The third-order valence-corrected chi connectivity index (χ3v) is 4.49. The van der Waals surface area contributed by atoms with Gasteiger partial charge >= 0.3 is 5.63 Å². The number of aryl methyl sites for hydroxylation is 1. The van der Waals surface area contributed by atoms with Gasteiger partial charge in [-0.15, -0.1) is 0 Å². The second-order valence-electron chi connectivity index (χ2n) is 5.93. The van der Waals surface area contributed by atoms with Crippen LogP contribution in [0.4, 0.5) is 0 Å². The fraction of sp³-hybridized carbons (Fsp3) is 0.250. The molecule has 0 spiro atoms. The van der Waals surface area contributed by atoms with Crippen LogP contribution in [0.1, 0.15) is 36.6 Å². The Morgan fingerprint density at radius 3 is 2.75 bits per heavy atom. The Bertz CT molecular complexity index is 917. The highest BCUT2D eigenvalue weighted by Gasteiger charge is 2.09. The van der Waals surface area contributed by atoms with Gasteiger partial charge in [0.25, 0.3) is 0 Å². The zero-order chi connectivity index (χ0) is 17.1. The largest absolute Gasteiger partial charge is 0.423 e. The van der Waals surface area contributed by atoms with Crippen molar-refractivity contribution in [3.8, 4) is 0 Å². The first kappa shape index (κ1) is 16.7. The van der Waals surface area contributed by atoms with Crippen molar-refractivity contribution in [2.75, 3.05) is 0 Å². The first-order valence-electron chi connectivity index (χ1n) is 8.11. The molecule has 3 rings (SSSR count). The maximum Gasteiger partial charge on any atom is 0.336 e. The maximum atomic E-state index is 11.9. The summed E-state index contributed by atoms with van der Waals surface area (Å²) in [7, 11) is 0. The number of rotatable bonds is 5. The predicted octanol–water partition coefficient (Wildman–Crippen LogP) is 4.86. The van der Waals surface area contributed by atoms with Crippen LogP contribution < -0.4 is 10.9 Å². The first-order valence-corrected chi connectivity index (χ1v) is 8.49. The van der Waals surface area contributed by atoms with Gasteiger partial charge in [-0.2, -0.15) is 0 Å². The molecular weight excluding hydrogens is 322 g/mol. The molecule has 0 bridgehead atoms. The molecule has 0 fully saturated rings.